The summed E-state index contributed by atoms with van der Waals surface area (Å²) in [5.41, 5.74) is -0.835. The summed E-state index contributed by atoms with van der Waals surface area (Å²) in [5, 5.41) is 8.61. The van der Waals surface area contributed by atoms with Crippen LogP contribution in [0.25, 0.3) is 0 Å². The van der Waals surface area contributed by atoms with Crippen molar-refractivity contribution in [1.29, 1.82) is 0 Å². The highest BCUT2D eigenvalue weighted by molar-refractivity contribution is 6.29. The van der Waals surface area contributed by atoms with E-state index in [4.69, 9.17) is 5.11 Å². The summed E-state index contributed by atoms with van der Waals surface area (Å²) in [5.74, 6) is -2.36. The number of carbonyl (C=O) groups is 2. The average Bonchev–Trinajstić information content (AvgIpc) is 2.13. The van der Waals surface area contributed by atoms with Crippen LogP contribution < -0.4 is 0 Å². The summed E-state index contributed by atoms with van der Waals surface area (Å²) in [4.78, 5) is 30.1. The van der Waals surface area contributed by atoms with Crippen LogP contribution in [-0.2, 0) is 24.1 Å². The molecule has 0 aliphatic rings. The number of hydrogen-bond acceptors (Lipinski definition) is 6. The fourth-order valence-electron chi connectivity index (χ4n) is 0.579. The third-order valence-corrected chi connectivity index (χ3v) is 1.41. The smallest absolute Gasteiger partial charge is 0.449 e. The van der Waals surface area contributed by atoms with Gasteiger partial charge in [-0.1, -0.05) is 0 Å². The van der Waals surface area contributed by atoms with Crippen molar-refractivity contribution in [2.24, 2.45) is 0 Å². The van der Waals surface area contributed by atoms with Gasteiger partial charge < -0.3 is 9.84 Å². The lowest BCUT2D eigenvalue weighted by molar-refractivity contribution is -0.325. The second kappa shape index (κ2) is 5.56. The first kappa shape index (κ1) is 12.9. The number of hydrogen-bond donors (Lipinski definition) is 1. The lowest BCUT2D eigenvalue weighted by Gasteiger charge is -2.20. The number of rotatable bonds is 4. The van der Waals surface area contributed by atoms with E-state index in [1.54, 1.807) is 13.8 Å². The Kier molecular flexibility index (Phi) is 5.11. The van der Waals surface area contributed by atoms with Gasteiger partial charge in [0, 0.05) is 13.0 Å². The van der Waals surface area contributed by atoms with Gasteiger partial charge >= 0.3 is 11.9 Å². The standard InChI is InChI=1S/C8H14O6/c1-8(2,4-5-9)14-13-7(11)6(10)12-3/h9H,4-5H2,1-3H3. The van der Waals surface area contributed by atoms with E-state index in [1.165, 1.54) is 0 Å². The molecule has 0 unspecified atom stereocenters. The van der Waals surface area contributed by atoms with Crippen molar-refractivity contribution in [2.45, 2.75) is 25.9 Å². The van der Waals surface area contributed by atoms with E-state index in [0.717, 1.165) is 7.11 Å². The van der Waals surface area contributed by atoms with Crippen molar-refractivity contribution >= 4 is 11.9 Å². The van der Waals surface area contributed by atoms with E-state index in [-0.39, 0.29) is 13.0 Å². The van der Waals surface area contributed by atoms with Gasteiger partial charge in [0.2, 0.25) is 0 Å². The van der Waals surface area contributed by atoms with Crippen molar-refractivity contribution in [2.75, 3.05) is 13.7 Å². The first-order valence-corrected chi connectivity index (χ1v) is 4.02. The van der Waals surface area contributed by atoms with Gasteiger partial charge in [-0.15, -0.1) is 0 Å². The highest BCUT2D eigenvalue weighted by atomic mass is 17.2. The van der Waals surface area contributed by atoms with E-state index in [2.05, 4.69) is 14.5 Å². The molecule has 0 aliphatic heterocycles. The molecule has 0 aromatic heterocycles. The number of carbonyl (C=O) groups excluding carboxylic acids is 2. The van der Waals surface area contributed by atoms with E-state index < -0.39 is 17.5 Å². The van der Waals surface area contributed by atoms with Gasteiger partial charge in [-0.3, -0.25) is 4.89 Å². The Bertz CT molecular complexity index is 210. The zero-order valence-electron chi connectivity index (χ0n) is 8.40. The second-order valence-electron chi connectivity index (χ2n) is 3.18. The Morgan fingerprint density at radius 3 is 2.29 bits per heavy atom. The van der Waals surface area contributed by atoms with Crippen molar-refractivity contribution in [3.8, 4) is 0 Å². The molecule has 6 heteroatoms. The molecule has 1 N–H and O–H groups in total. The van der Waals surface area contributed by atoms with Crippen LogP contribution >= 0.6 is 0 Å². The Morgan fingerprint density at radius 1 is 1.29 bits per heavy atom. The third kappa shape index (κ3) is 4.78. The van der Waals surface area contributed by atoms with Crippen molar-refractivity contribution in [1.82, 2.24) is 0 Å². The first-order valence-electron chi connectivity index (χ1n) is 4.02. The van der Waals surface area contributed by atoms with Crippen molar-refractivity contribution in [3.63, 3.8) is 0 Å². The van der Waals surface area contributed by atoms with E-state index in [1.807, 2.05) is 0 Å². The average molecular weight is 206 g/mol. The molecule has 0 saturated carbocycles. The fourth-order valence-corrected chi connectivity index (χ4v) is 0.579. The predicted molar refractivity (Wildman–Crippen MR) is 45.0 cm³/mol. The molecule has 0 heterocycles. The maximum absolute atomic E-state index is 10.7. The summed E-state index contributed by atoms with van der Waals surface area (Å²) in [6, 6.07) is 0. The Morgan fingerprint density at radius 2 is 1.86 bits per heavy atom. The predicted octanol–water partition coefficient (Wildman–Crippen LogP) is -0.205. The SMILES string of the molecule is COC(=O)C(=O)OOC(C)(C)CCO. The van der Waals surface area contributed by atoms with Crippen LogP contribution in [-0.4, -0.2) is 36.4 Å². The molecule has 0 aliphatic carbocycles. The number of methoxy groups -OCH3 is 1. The zero-order chi connectivity index (χ0) is 11.2. The Labute approximate surface area is 81.7 Å². The van der Waals surface area contributed by atoms with Crippen molar-refractivity contribution in [3.05, 3.63) is 0 Å². The minimum atomic E-state index is -1.22. The Balaban J connectivity index is 3.93. The molecule has 82 valence electrons. The lowest BCUT2D eigenvalue weighted by Crippen LogP contribution is -2.30. The highest BCUT2D eigenvalue weighted by Crippen LogP contribution is 2.13. The molecule has 6 nitrogen and oxygen atoms in total. The van der Waals surface area contributed by atoms with Gasteiger partial charge in [0.1, 0.15) is 5.60 Å². The highest BCUT2D eigenvalue weighted by Gasteiger charge is 2.24. The molecule has 0 amide bonds. The number of aliphatic hydroxyl groups is 1. The van der Waals surface area contributed by atoms with Crippen LogP contribution in [0.3, 0.4) is 0 Å². The van der Waals surface area contributed by atoms with E-state index >= 15 is 0 Å². The minimum absolute atomic E-state index is 0.108. The monoisotopic (exact) mass is 206 g/mol. The number of ether oxygens (including phenoxy) is 1. The molecule has 0 aromatic carbocycles. The molecular weight excluding hydrogens is 192 g/mol. The maximum Gasteiger partial charge on any atom is 0.449 e. The van der Waals surface area contributed by atoms with E-state index in [0.29, 0.717) is 0 Å². The van der Waals surface area contributed by atoms with Crippen LogP contribution in [0.5, 0.6) is 0 Å². The molecule has 14 heavy (non-hydrogen) atoms. The minimum Gasteiger partial charge on any atom is -0.461 e. The summed E-state index contributed by atoms with van der Waals surface area (Å²) in [7, 11) is 1.06. The van der Waals surface area contributed by atoms with Crippen LogP contribution in [0.2, 0.25) is 0 Å². The maximum atomic E-state index is 10.7. The van der Waals surface area contributed by atoms with Crippen molar-refractivity contribution < 1.29 is 29.2 Å². The van der Waals surface area contributed by atoms with Gasteiger partial charge in [-0.2, -0.15) is 4.89 Å². The second-order valence-corrected chi connectivity index (χ2v) is 3.18. The summed E-state index contributed by atoms with van der Waals surface area (Å²) >= 11 is 0. The van der Waals surface area contributed by atoms with Gasteiger partial charge in [0.15, 0.2) is 0 Å². The number of aliphatic hydroxyl groups excluding tert-OH is 1. The zero-order valence-corrected chi connectivity index (χ0v) is 8.40. The summed E-state index contributed by atoms with van der Waals surface area (Å²) < 4.78 is 4.09. The quantitative estimate of drug-likeness (QED) is 0.297. The topological polar surface area (TPSA) is 82.1 Å². The largest absolute Gasteiger partial charge is 0.461 e. The van der Waals surface area contributed by atoms with Crippen LogP contribution in [0.1, 0.15) is 20.3 Å². The molecule has 0 fully saturated rings. The molecule has 0 aromatic rings. The third-order valence-electron chi connectivity index (χ3n) is 1.41. The van der Waals surface area contributed by atoms with Crippen LogP contribution in [0, 0.1) is 0 Å². The fraction of sp³-hybridized carbons (Fsp3) is 0.750. The van der Waals surface area contributed by atoms with Crippen LogP contribution in [0.4, 0.5) is 0 Å². The molecule has 0 bridgehead atoms. The Hall–Kier alpha value is -1.14. The molecule has 0 atom stereocenters. The van der Waals surface area contributed by atoms with E-state index in [9.17, 15) is 9.59 Å². The molecule has 0 radical (unpaired) electrons. The van der Waals surface area contributed by atoms with Gasteiger partial charge in [-0.05, 0) is 13.8 Å². The first-order chi connectivity index (χ1) is 6.43. The lowest BCUT2D eigenvalue weighted by atomic mass is 10.1. The normalized spacial score (nSPS) is 10.9. The van der Waals surface area contributed by atoms with Gasteiger partial charge in [0.05, 0.1) is 7.11 Å². The van der Waals surface area contributed by atoms with Crippen LogP contribution in [0.15, 0.2) is 0 Å². The summed E-state index contributed by atoms with van der Waals surface area (Å²) in [6.07, 6.45) is 0.279. The van der Waals surface area contributed by atoms with Gasteiger partial charge in [0.25, 0.3) is 0 Å². The van der Waals surface area contributed by atoms with Gasteiger partial charge in [-0.25, -0.2) is 9.59 Å². The number of esters is 1. The molecule has 0 spiro atoms. The molecule has 0 saturated heterocycles. The molecule has 0 rings (SSSR count). The molecular formula is C8H14O6. The summed E-state index contributed by atoms with van der Waals surface area (Å²) in [6.45, 7) is 3.10.